The third-order valence-electron chi connectivity index (χ3n) is 3.29. The van der Waals surface area contributed by atoms with Gasteiger partial charge in [0.1, 0.15) is 5.82 Å². The molecule has 2 aromatic carbocycles. The molecule has 0 heterocycles. The number of hydrogen-bond acceptors (Lipinski definition) is 1. The monoisotopic (exact) mass is 291 g/mol. The van der Waals surface area contributed by atoms with Gasteiger partial charge in [-0.15, -0.1) is 0 Å². The van der Waals surface area contributed by atoms with Crippen LogP contribution < -0.4 is 5.32 Å². The summed E-state index contributed by atoms with van der Waals surface area (Å²) >= 11 is 5.77. The predicted octanol–water partition coefficient (Wildman–Crippen LogP) is 4.69. The molecule has 1 N–H and O–H groups in total. The van der Waals surface area contributed by atoms with E-state index in [2.05, 4.69) is 31.3 Å². The van der Waals surface area contributed by atoms with Crippen molar-refractivity contribution in [1.82, 2.24) is 5.32 Å². The summed E-state index contributed by atoms with van der Waals surface area (Å²) < 4.78 is 13.9. The van der Waals surface area contributed by atoms with Crippen molar-refractivity contribution < 1.29 is 4.39 Å². The van der Waals surface area contributed by atoms with Crippen molar-refractivity contribution in [2.45, 2.75) is 26.3 Å². The summed E-state index contributed by atoms with van der Waals surface area (Å²) in [5, 5.41) is 3.80. The minimum atomic E-state index is -0.286. The molecule has 0 aromatic heterocycles. The van der Waals surface area contributed by atoms with E-state index in [-0.39, 0.29) is 5.82 Å². The van der Waals surface area contributed by atoms with E-state index in [9.17, 15) is 4.39 Å². The Hall–Kier alpha value is -1.38. The Morgan fingerprint density at radius 3 is 2.45 bits per heavy atom. The highest BCUT2D eigenvalue weighted by Crippen LogP contribution is 2.25. The molecule has 2 aromatic rings. The second kappa shape index (κ2) is 6.87. The van der Waals surface area contributed by atoms with Crippen molar-refractivity contribution in [1.29, 1.82) is 0 Å². The summed E-state index contributed by atoms with van der Waals surface area (Å²) in [5.74, 6) is -0.286. The first-order valence-electron chi connectivity index (χ1n) is 6.88. The number of halogens is 2. The van der Waals surface area contributed by atoms with Crippen molar-refractivity contribution in [2.75, 3.05) is 6.54 Å². The van der Waals surface area contributed by atoms with Crippen molar-refractivity contribution in [2.24, 2.45) is 0 Å². The number of hydrogen-bond donors (Lipinski definition) is 1. The number of nitrogens with one attached hydrogen (secondary N) is 1. The summed E-state index contributed by atoms with van der Waals surface area (Å²) in [6.45, 7) is 5.23. The highest BCUT2D eigenvalue weighted by molar-refractivity contribution is 6.30. The van der Waals surface area contributed by atoms with Crippen LogP contribution in [0.3, 0.4) is 0 Å². The molecule has 0 bridgehead atoms. The van der Waals surface area contributed by atoms with Gasteiger partial charge in [-0.3, -0.25) is 0 Å². The van der Waals surface area contributed by atoms with E-state index in [1.165, 1.54) is 11.6 Å². The Morgan fingerprint density at radius 1 is 1.15 bits per heavy atom. The fraction of sp³-hybridized carbons (Fsp3) is 0.294. The van der Waals surface area contributed by atoms with E-state index in [0.717, 1.165) is 18.5 Å². The smallest absolute Gasteiger partial charge is 0.132 e. The van der Waals surface area contributed by atoms with Crippen LogP contribution in [0.25, 0.3) is 11.1 Å². The normalized spacial score (nSPS) is 12.4. The van der Waals surface area contributed by atoms with Crippen molar-refractivity contribution >= 4 is 11.6 Å². The van der Waals surface area contributed by atoms with Crippen molar-refractivity contribution in [3.63, 3.8) is 0 Å². The molecule has 0 amide bonds. The fourth-order valence-electron chi connectivity index (χ4n) is 2.32. The Bertz CT molecular complexity index is 566. The third-order valence-corrected chi connectivity index (χ3v) is 3.53. The van der Waals surface area contributed by atoms with Gasteiger partial charge in [-0.1, -0.05) is 42.8 Å². The molecular formula is C17H19ClFN. The minimum absolute atomic E-state index is 0.286. The third kappa shape index (κ3) is 3.81. The molecule has 1 unspecified atom stereocenters. The summed E-state index contributed by atoms with van der Waals surface area (Å²) in [6.07, 6.45) is 0.969. The molecular weight excluding hydrogens is 273 g/mol. The van der Waals surface area contributed by atoms with Gasteiger partial charge in [-0.05, 0) is 49.2 Å². The molecule has 20 heavy (non-hydrogen) atoms. The first-order valence-corrected chi connectivity index (χ1v) is 7.25. The Kier molecular flexibility index (Phi) is 5.16. The number of likely N-dealkylation sites (N-methyl/N-ethyl adjacent to an activating group) is 1. The molecule has 0 fully saturated rings. The van der Waals surface area contributed by atoms with E-state index in [1.807, 2.05) is 12.1 Å². The van der Waals surface area contributed by atoms with Gasteiger partial charge in [0, 0.05) is 16.6 Å². The molecule has 0 aliphatic heterocycles. The van der Waals surface area contributed by atoms with Gasteiger partial charge in [0.2, 0.25) is 0 Å². The summed E-state index contributed by atoms with van der Waals surface area (Å²) in [7, 11) is 0. The van der Waals surface area contributed by atoms with E-state index >= 15 is 0 Å². The van der Waals surface area contributed by atoms with Gasteiger partial charge < -0.3 is 5.32 Å². The zero-order valence-corrected chi connectivity index (χ0v) is 12.5. The number of benzene rings is 2. The number of rotatable bonds is 5. The molecule has 0 saturated carbocycles. The predicted molar refractivity (Wildman–Crippen MR) is 83.7 cm³/mol. The zero-order valence-electron chi connectivity index (χ0n) is 11.8. The maximum absolute atomic E-state index is 13.9. The molecule has 2 rings (SSSR count). The average Bonchev–Trinajstić information content (AvgIpc) is 2.40. The Labute approximate surface area is 124 Å². The summed E-state index contributed by atoms with van der Waals surface area (Å²) in [4.78, 5) is 0. The lowest BCUT2D eigenvalue weighted by Gasteiger charge is -2.12. The van der Waals surface area contributed by atoms with Crippen LogP contribution in [0.5, 0.6) is 0 Å². The highest BCUT2D eigenvalue weighted by Gasteiger charge is 2.07. The van der Waals surface area contributed by atoms with Gasteiger partial charge in [-0.2, -0.15) is 0 Å². The first kappa shape index (κ1) is 15.0. The molecule has 1 atom stereocenters. The molecule has 0 spiro atoms. The molecule has 106 valence electrons. The fourth-order valence-corrected chi connectivity index (χ4v) is 2.48. The van der Waals surface area contributed by atoms with Crippen LogP contribution in [-0.2, 0) is 6.42 Å². The Balaban J connectivity index is 2.15. The van der Waals surface area contributed by atoms with Gasteiger partial charge in [-0.25, -0.2) is 4.39 Å². The molecule has 3 heteroatoms. The SMILES string of the molecule is CCNC(C)Cc1ccc(-c2ccc(Cl)cc2F)cc1. The Morgan fingerprint density at radius 2 is 1.85 bits per heavy atom. The maximum Gasteiger partial charge on any atom is 0.132 e. The van der Waals surface area contributed by atoms with Gasteiger partial charge in [0.15, 0.2) is 0 Å². The van der Waals surface area contributed by atoms with Gasteiger partial charge in [0.25, 0.3) is 0 Å². The van der Waals surface area contributed by atoms with Gasteiger partial charge >= 0.3 is 0 Å². The largest absolute Gasteiger partial charge is 0.314 e. The molecule has 0 radical (unpaired) electrons. The summed E-state index contributed by atoms with van der Waals surface area (Å²) in [6, 6.07) is 13.2. The van der Waals surface area contributed by atoms with E-state index in [0.29, 0.717) is 16.6 Å². The quantitative estimate of drug-likeness (QED) is 0.843. The van der Waals surface area contributed by atoms with Crippen LogP contribution in [0.4, 0.5) is 4.39 Å². The standard InChI is InChI=1S/C17H19ClFN/c1-3-20-12(2)10-13-4-6-14(7-5-13)16-9-8-15(18)11-17(16)19/h4-9,11-12,20H,3,10H2,1-2H3. The van der Waals surface area contributed by atoms with Gasteiger partial charge in [0.05, 0.1) is 0 Å². The molecule has 0 aliphatic rings. The lowest BCUT2D eigenvalue weighted by atomic mass is 10.0. The van der Waals surface area contributed by atoms with Crippen molar-refractivity contribution in [3.05, 3.63) is 58.9 Å². The highest BCUT2D eigenvalue weighted by atomic mass is 35.5. The van der Waals surface area contributed by atoms with Crippen LogP contribution in [-0.4, -0.2) is 12.6 Å². The second-order valence-corrected chi connectivity index (χ2v) is 5.42. The van der Waals surface area contributed by atoms with Crippen LogP contribution in [0, 0.1) is 5.82 Å². The molecule has 0 saturated heterocycles. The van der Waals surface area contributed by atoms with E-state index in [4.69, 9.17) is 11.6 Å². The van der Waals surface area contributed by atoms with Crippen LogP contribution in [0.1, 0.15) is 19.4 Å². The molecule has 1 nitrogen and oxygen atoms in total. The lowest BCUT2D eigenvalue weighted by Crippen LogP contribution is -2.27. The second-order valence-electron chi connectivity index (χ2n) is 4.98. The van der Waals surface area contributed by atoms with Crippen molar-refractivity contribution in [3.8, 4) is 11.1 Å². The topological polar surface area (TPSA) is 12.0 Å². The minimum Gasteiger partial charge on any atom is -0.314 e. The maximum atomic E-state index is 13.9. The first-order chi connectivity index (χ1) is 9.60. The molecule has 0 aliphatic carbocycles. The van der Waals surface area contributed by atoms with E-state index in [1.54, 1.807) is 12.1 Å². The zero-order chi connectivity index (χ0) is 14.5. The van der Waals surface area contributed by atoms with E-state index < -0.39 is 0 Å². The summed E-state index contributed by atoms with van der Waals surface area (Å²) in [5.41, 5.74) is 2.70. The lowest BCUT2D eigenvalue weighted by molar-refractivity contribution is 0.565. The average molecular weight is 292 g/mol. The van der Waals surface area contributed by atoms with Crippen LogP contribution >= 0.6 is 11.6 Å². The van der Waals surface area contributed by atoms with Crippen LogP contribution in [0.15, 0.2) is 42.5 Å². The van der Waals surface area contributed by atoms with Crippen LogP contribution in [0.2, 0.25) is 5.02 Å².